The van der Waals surface area contributed by atoms with E-state index in [1.165, 1.54) is 37.4 Å². The third-order valence-electron chi connectivity index (χ3n) is 3.41. The maximum Gasteiger partial charge on any atom is 0.215 e. The highest BCUT2D eigenvalue weighted by Crippen LogP contribution is 2.33. The summed E-state index contributed by atoms with van der Waals surface area (Å²) in [4.78, 5) is 4.55. The zero-order valence-corrected chi connectivity index (χ0v) is 12.3. The van der Waals surface area contributed by atoms with E-state index in [9.17, 15) is 0 Å². The molecule has 1 N–H and O–H groups in total. The number of hydrogen-bond donors (Lipinski definition) is 1. The van der Waals surface area contributed by atoms with Crippen LogP contribution in [0.15, 0.2) is 28.4 Å². The van der Waals surface area contributed by atoms with Gasteiger partial charge in [-0.25, -0.2) is 9.67 Å². The van der Waals surface area contributed by atoms with Gasteiger partial charge in [0.15, 0.2) is 0 Å². The summed E-state index contributed by atoms with van der Waals surface area (Å²) < 4.78 is 1.96. The van der Waals surface area contributed by atoms with Crippen molar-refractivity contribution < 1.29 is 0 Å². The Bertz CT molecular complexity index is 563. The lowest BCUT2D eigenvalue weighted by atomic mass is 10.3. The fourth-order valence-electron chi connectivity index (χ4n) is 2.48. The molecule has 1 saturated carbocycles. The van der Waals surface area contributed by atoms with Gasteiger partial charge < -0.3 is 5.32 Å². The number of tetrazole rings is 1. The molecule has 2 heterocycles. The summed E-state index contributed by atoms with van der Waals surface area (Å²) in [5.74, 6) is 0.886. The average Bonchev–Trinajstić information content (AvgIpc) is 3.10. The van der Waals surface area contributed by atoms with Gasteiger partial charge in [0, 0.05) is 6.54 Å². The van der Waals surface area contributed by atoms with Crippen LogP contribution in [-0.2, 0) is 0 Å². The molecule has 106 valence electrons. The number of hydrogen-bond acceptors (Lipinski definition) is 6. The SMILES string of the molecule is CCNc1cccc(Sc2nnnn2C2CCCC2)n1. The summed E-state index contributed by atoms with van der Waals surface area (Å²) in [5.41, 5.74) is 0. The van der Waals surface area contributed by atoms with Crippen molar-refractivity contribution in [3.8, 4) is 0 Å². The van der Waals surface area contributed by atoms with E-state index in [1.54, 1.807) is 0 Å². The molecule has 1 aliphatic rings. The average molecular weight is 290 g/mol. The van der Waals surface area contributed by atoms with E-state index in [4.69, 9.17) is 0 Å². The van der Waals surface area contributed by atoms with Crippen LogP contribution in [0.4, 0.5) is 5.82 Å². The van der Waals surface area contributed by atoms with E-state index >= 15 is 0 Å². The van der Waals surface area contributed by atoms with Crippen LogP contribution >= 0.6 is 11.8 Å². The topological polar surface area (TPSA) is 68.5 Å². The minimum atomic E-state index is 0.449. The minimum absolute atomic E-state index is 0.449. The second-order valence-corrected chi connectivity index (χ2v) is 5.83. The predicted octanol–water partition coefficient (Wildman–Crippen LogP) is 2.77. The molecule has 0 atom stereocenters. The van der Waals surface area contributed by atoms with Crippen LogP contribution in [0.3, 0.4) is 0 Å². The molecule has 0 saturated heterocycles. The summed E-state index contributed by atoms with van der Waals surface area (Å²) >= 11 is 1.52. The zero-order valence-electron chi connectivity index (χ0n) is 11.5. The third-order valence-corrected chi connectivity index (χ3v) is 4.30. The van der Waals surface area contributed by atoms with E-state index in [-0.39, 0.29) is 0 Å². The van der Waals surface area contributed by atoms with Gasteiger partial charge in [-0.05, 0) is 54.1 Å². The summed E-state index contributed by atoms with van der Waals surface area (Å²) in [6.45, 7) is 2.92. The van der Waals surface area contributed by atoms with E-state index in [0.717, 1.165) is 22.5 Å². The monoisotopic (exact) mass is 290 g/mol. The number of anilines is 1. The Morgan fingerprint density at radius 1 is 1.35 bits per heavy atom. The molecule has 3 rings (SSSR count). The van der Waals surface area contributed by atoms with Gasteiger partial charge in [-0.1, -0.05) is 18.9 Å². The Morgan fingerprint density at radius 2 is 2.20 bits per heavy atom. The minimum Gasteiger partial charge on any atom is -0.370 e. The first kappa shape index (κ1) is 13.4. The van der Waals surface area contributed by atoms with E-state index in [1.807, 2.05) is 22.9 Å². The first-order valence-corrected chi connectivity index (χ1v) is 7.85. The molecular formula is C13H18N6S. The Labute approximate surface area is 122 Å². The maximum atomic E-state index is 4.55. The first-order chi connectivity index (χ1) is 9.86. The fraction of sp³-hybridized carbons (Fsp3) is 0.538. The summed E-state index contributed by atoms with van der Waals surface area (Å²) in [7, 11) is 0. The van der Waals surface area contributed by atoms with E-state index in [0.29, 0.717) is 6.04 Å². The normalized spacial score (nSPS) is 15.7. The van der Waals surface area contributed by atoms with Gasteiger partial charge in [0.1, 0.15) is 10.8 Å². The summed E-state index contributed by atoms with van der Waals surface area (Å²) in [6, 6.07) is 6.40. The number of nitrogens with zero attached hydrogens (tertiary/aromatic N) is 5. The van der Waals surface area contributed by atoms with Crippen molar-refractivity contribution in [2.24, 2.45) is 0 Å². The molecule has 1 aliphatic carbocycles. The number of aromatic nitrogens is 5. The Morgan fingerprint density at radius 3 is 3.00 bits per heavy atom. The summed E-state index contributed by atoms with van der Waals surface area (Å²) in [6.07, 6.45) is 4.87. The molecule has 0 amide bonds. The smallest absolute Gasteiger partial charge is 0.215 e. The predicted molar refractivity (Wildman–Crippen MR) is 77.8 cm³/mol. The molecule has 0 radical (unpaired) electrons. The first-order valence-electron chi connectivity index (χ1n) is 7.03. The fourth-order valence-corrected chi connectivity index (χ4v) is 3.31. The number of rotatable bonds is 5. The molecule has 2 aromatic heterocycles. The lowest BCUT2D eigenvalue weighted by molar-refractivity contribution is 0.423. The van der Waals surface area contributed by atoms with E-state index in [2.05, 4.69) is 32.7 Å². The number of nitrogens with one attached hydrogen (secondary N) is 1. The van der Waals surface area contributed by atoms with Gasteiger partial charge in [0.2, 0.25) is 5.16 Å². The molecular weight excluding hydrogens is 272 g/mol. The van der Waals surface area contributed by atoms with Crippen molar-refractivity contribution in [1.29, 1.82) is 0 Å². The second-order valence-electron chi connectivity index (χ2n) is 4.84. The van der Waals surface area contributed by atoms with Crippen molar-refractivity contribution >= 4 is 17.6 Å². The van der Waals surface area contributed by atoms with Gasteiger partial charge >= 0.3 is 0 Å². The molecule has 0 unspecified atom stereocenters. The van der Waals surface area contributed by atoms with Gasteiger partial charge in [0.25, 0.3) is 0 Å². The molecule has 1 fully saturated rings. The summed E-state index contributed by atoms with van der Waals surface area (Å²) in [5, 5.41) is 17.1. The molecule has 0 aromatic carbocycles. The van der Waals surface area contributed by atoms with Crippen LogP contribution in [0.25, 0.3) is 0 Å². The Hall–Kier alpha value is -1.63. The lowest BCUT2D eigenvalue weighted by Crippen LogP contribution is -2.08. The molecule has 0 bridgehead atoms. The Balaban J connectivity index is 1.77. The van der Waals surface area contributed by atoms with Crippen LogP contribution < -0.4 is 5.32 Å². The van der Waals surface area contributed by atoms with Gasteiger partial charge in [-0.3, -0.25) is 0 Å². The van der Waals surface area contributed by atoms with Crippen LogP contribution in [0.1, 0.15) is 38.6 Å². The molecule has 0 aliphatic heterocycles. The van der Waals surface area contributed by atoms with Crippen molar-refractivity contribution in [3.63, 3.8) is 0 Å². The third kappa shape index (κ3) is 2.92. The van der Waals surface area contributed by atoms with Gasteiger partial charge in [-0.15, -0.1) is 5.10 Å². The van der Waals surface area contributed by atoms with Crippen LogP contribution in [0.2, 0.25) is 0 Å². The molecule has 20 heavy (non-hydrogen) atoms. The highest BCUT2D eigenvalue weighted by Gasteiger charge is 2.22. The van der Waals surface area contributed by atoms with Crippen LogP contribution in [-0.4, -0.2) is 31.7 Å². The van der Waals surface area contributed by atoms with Crippen molar-refractivity contribution in [2.45, 2.75) is 48.8 Å². The second kappa shape index (κ2) is 6.21. The van der Waals surface area contributed by atoms with Crippen molar-refractivity contribution in [3.05, 3.63) is 18.2 Å². The maximum absolute atomic E-state index is 4.55. The van der Waals surface area contributed by atoms with Crippen molar-refractivity contribution in [2.75, 3.05) is 11.9 Å². The lowest BCUT2D eigenvalue weighted by Gasteiger charge is -2.10. The molecule has 2 aromatic rings. The highest BCUT2D eigenvalue weighted by atomic mass is 32.2. The van der Waals surface area contributed by atoms with Crippen molar-refractivity contribution in [1.82, 2.24) is 25.2 Å². The van der Waals surface area contributed by atoms with Gasteiger partial charge in [0.05, 0.1) is 6.04 Å². The molecule has 7 heteroatoms. The molecule has 0 spiro atoms. The van der Waals surface area contributed by atoms with Gasteiger partial charge in [-0.2, -0.15) is 0 Å². The van der Waals surface area contributed by atoms with Crippen LogP contribution in [0, 0.1) is 0 Å². The number of pyridine rings is 1. The molecule has 6 nitrogen and oxygen atoms in total. The Kier molecular flexibility index (Phi) is 4.15. The van der Waals surface area contributed by atoms with Crippen LogP contribution in [0.5, 0.6) is 0 Å². The highest BCUT2D eigenvalue weighted by molar-refractivity contribution is 7.99. The standard InChI is InChI=1S/C13H18N6S/c1-2-14-11-8-5-9-12(15-11)20-13-16-17-18-19(13)10-6-3-4-7-10/h5,8-10H,2-4,6-7H2,1H3,(H,14,15). The quantitative estimate of drug-likeness (QED) is 0.913. The van der Waals surface area contributed by atoms with E-state index < -0.39 is 0 Å². The zero-order chi connectivity index (χ0) is 13.8. The largest absolute Gasteiger partial charge is 0.370 e.